The normalized spacial score (nSPS) is 27.4. The van der Waals surface area contributed by atoms with Crippen LogP contribution in [0, 0.1) is 5.41 Å². The predicted octanol–water partition coefficient (Wildman–Crippen LogP) is 0.178. The van der Waals surface area contributed by atoms with Crippen LogP contribution in [0.1, 0.15) is 34.1 Å². The van der Waals surface area contributed by atoms with Gasteiger partial charge in [0.25, 0.3) is 0 Å². The maximum atomic E-state index is 12.1. The molecule has 1 rings (SSSR count). The van der Waals surface area contributed by atoms with Gasteiger partial charge in [-0.25, -0.2) is 0 Å². The van der Waals surface area contributed by atoms with Crippen LogP contribution >= 0.6 is 0 Å². The SMILES string of the molecule is CCOC(=O)C1(C(=O)OC(C)(C)C)CC(=O)C1N. The van der Waals surface area contributed by atoms with Gasteiger partial charge >= 0.3 is 11.9 Å². The number of carbonyl (C=O) groups excluding carboxylic acids is 3. The molecule has 2 N–H and O–H groups in total. The van der Waals surface area contributed by atoms with Crippen molar-refractivity contribution >= 4 is 17.7 Å². The van der Waals surface area contributed by atoms with Crippen molar-refractivity contribution in [2.45, 2.75) is 45.8 Å². The van der Waals surface area contributed by atoms with Crippen LogP contribution < -0.4 is 5.73 Å². The van der Waals surface area contributed by atoms with Crippen LogP contribution in [0.25, 0.3) is 0 Å². The molecule has 6 nitrogen and oxygen atoms in total. The zero-order chi connectivity index (χ0) is 14.1. The Morgan fingerprint density at radius 3 is 2.28 bits per heavy atom. The van der Waals surface area contributed by atoms with Crippen molar-refractivity contribution in [3.63, 3.8) is 0 Å². The molecular weight excluding hydrogens is 238 g/mol. The first-order valence-electron chi connectivity index (χ1n) is 5.84. The van der Waals surface area contributed by atoms with Crippen LogP contribution in [-0.4, -0.2) is 36.0 Å². The Bertz CT molecular complexity index is 384. The summed E-state index contributed by atoms with van der Waals surface area (Å²) in [5.41, 5.74) is 3.18. The number of carbonyl (C=O) groups is 3. The number of Topliss-reactive ketones (excluding diaryl/α,β-unsaturated/α-hetero) is 1. The van der Waals surface area contributed by atoms with Crippen LogP contribution in [0.15, 0.2) is 0 Å². The molecule has 0 saturated heterocycles. The molecule has 0 heterocycles. The first-order valence-corrected chi connectivity index (χ1v) is 5.84. The van der Waals surface area contributed by atoms with Gasteiger partial charge in [0.2, 0.25) is 0 Å². The maximum Gasteiger partial charge on any atom is 0.326 e. The van der Waals surface area contributed by atoms with Crippen LogP contribution in [0.4, 0.5) is 0 Å². The van der Waals surface area contributed by atoms with E-state index >= 15 is 0 Å². The summed E-state index contributed by atoms with van der Waals surface area (Å²) in [5, 5.41) is 0. The lowest BCUT2D eigenvalue weighted by Gasteiger charge is -2.42. The summed E-state index contributed by atoms with van der Waals surface area (Å²) in [6, 6.07) is -1.17. The highest BCUT2D eigenvalue weighted by Gasteiger charge is 2.65. The Kier molecular flexibility index (Phi) is 3.81. The standard InChI is InChI=1S/C12H19NO5/c1-5-17-9(15)12(6-7(14)8(12)13)10(16)18-11(2,3)4/h8H,5-6,13H2,1-4H3. The summed E-state index contributed by atoms with van der Waals surface area (Å²) in [6.45, 7) is 6.76. The number of rotatable bonds is 3. The molecule has 1 saturated carbocycles. The summed E-state index contributed by atoms with van der Waals surface area (Å²) in [5.74, 6) is -1.92. The van der Waals surface area contributed by atoms with Gasteiger partial charge in [-0.05, 0) is 27.7 Å². The third kappa shape index (κ3) is 2.38. The Balaban J connectivity index is 2.97. The molecule has 102 valence electrons. The fourth-order valence-corrected chi connectivity index (χ4v) is 1.75. The Morgan fingerprint density at radius 1 is 1.39 bits per heavy atom. The van der Waals surface area contributed by atoms with Crippen molar-refractivity contribution in [1.82, 2.24) is 0 Å². The average molecular weight is 257 g/mol. The van der Waals surface area contributed by atoms with Gasteiger partial charge in [-0.3, -0.25) is 14.4 Å². The second-order valence-corrected chi connectivity index (χ2v) is 5.31. The Morgan fingerprint density at radius 2 is 1.94 bits per heavy atom. The molecule has 6 heteroatoms. The first-order chi connectivity index (χ1) is 8.15. The second-order valence-electron chi connectivity index (χ2n) is 5.31. The molecule has 0 amide bonds. The van der Waals surface area contributed by atoms with E-state index in [-0.39, 0.29) is 18.8 Å². The summed E-state index contributed by atoms with van der Waals surface area (Å²) < 4.78 is 9.99. The first kappa shape index (κ1) is 14.6. The van der Waals surface area contributed by atoms with Crippen molar-refractivity contribution in [1.29, 1.82) is 0 Å². The van der Waals surface area contributed by atoms with Gasteiger partial charge in [-0.15, -0.1) is 0 Å². The molecule has 0 spiro atoms. The highest BCUT2D eigenvalue weighted by molar-refractivity contribution is 6.15. The molecule has 2 unspecified atom stereocenters. The smallest absolute Gasteiger partial charge is 0.326 e. The lowest BCUT2D eigenvalue weighted by atomic mass is 9.63. The molecular formula is C12H19NO5. The maximum absolute atomic E-state index is 12.1. The second kappa shape index (κ2) is 4.68. The molecule has 2 atom stereocenters. The van der Waals surface area contributed by atoms with Crippen molar-refractivity contribution < 1.29 is 23.9 Å². The van der Waals surface area contributed by atoms with E-state index in [9.17, 15) is 14.4 Å². The fraction of sp³-hybridized carbons (Fsp3) is 0.750. The minimum atomic E-state index is -1.67. The van der Waals surface area contributed by atoms with Crippen molar-refractivity contribution in [2.75, 3.05) is 6.61 Å². The van der Waals surface area contributed by atoms with E-state index in [2.05, 4.69) is 0 Å². The minimum Gasteiger partial charge on any atom is -0.465 e. The highest BCUT2D eigenvalue weighted by Crippen LogP contribution is 2.40. The van der Waals surface area contributed by atoms with E-state index in [0.29, 0.717) is 0 Å². The van der Waals surface area contributed by atoms with Crippen molar-refractivity contribution in [2.24, 2.45) is 11.1 Å². The highest BCUT2D eigenvalue weighted by atomic mass is 16.6. The van der Waals surface area contributed by atoms with Crippen LogP contribution in [0.3, 0.4) is 0 Å². The quantitative estimate of drug-likeness (QED) is 0.572. The molecule has 0 aliphatic heterocycles. The lowest BCUT2D eigenvalue weighted by Crippen LogP contribution is -2.67. The van der Waals surface area contributed by atoms with E-state index in [1.54, 1.807) is 27.7 Å². The Hall–Kier alpha value is -1.43. The molecule has 0 aromatic rings. The van der Waals surface area contributed by atoms with E-state index < -0.39 is 29.0 Å². The molecule has 1 aliphatic rings. The zero-order valence-corrected chi connectivity index (χ0v) is 11.1. The number of esters is 2. The molecule has 0 radical (unpaired) electrons. The summed E-state index contributed by atoms with van der Waals surface area (Å²) in [4.78, 5) is 35.2. The third-order valence-corrected chi connectivity index (χ3v) is 2.73. The van der Waals surface area contributed by atoms with Crippen molar-refractivity contribution in [3.05, 3.63) is 0 Å². The van der Waals surface area contributed by atoms with Crippen LogP contribution in [-0.2, 0) is 23.9 Å². The van der Waals surface area contributed by atoms with E-state index in [1.807, 2.05) is 0 Å². The van der Waals surface area contributed by atoms with Crippen LogP contribution in [0.5, 0.6) is 0 Å². The average Bonchev–Trinajstić information content (AvgIpc) is 2.22. The molecule has 0 aromatic heterocycles. The van der Waals surface area contributed by atoms with Crippen molar-refractivity contribution in [3.8, 4) is 0 Å². The van der Waals surface area contributed by atoms with E-state index in [0.717, 1.165) is 0 Å². The molecule has 18 heavy (non-hydrogen) atoms. The third-order valence-electron chi connectivity index (χ3n) is 2.73. The topological polar surface area (TPSA) is 95.7 Å². The van der Waals surface area contributed by atoms with E-state index in [1.165, 1.54) is 0 Å². The lowest BCUT2D eigenvalue weighted by molar-refractivity contribution is -0.190. The van der Waals surface area contributed by atoms with E-state index in [4.69, 9.17) is 15.2 Å². The van der Waals surface area contributed by atoms with Gasteiger partial charge in [0.05, 0.1) is 12.6 Å². The van der Waals surface area contributed by atoms with Gasteiger partial charge in [0, 0.05) is 6.42 Å². The number of ketones is 1. The minimum absolute atomic E-state index is 0.115. The molecule has 1 fully saturated rings. The number of hydrogen-bond donors (Lipinski definition) is 1. The number of hydrogen-bond acceptors (Lipinski definition) is 6. The molecule has 0 aromatic carbocycles. The molecule has 0 bridgehead atoms. The fourth-order valence-electron chi connectivity index (χ4n) is 1.75. The number of ether oxygens (including phenoxy) is 2. The molecule has 1 aliphatic carbocycles. The summed E-state index contributed by atoms with van der Waals surface area (Å²) in [7, 11) is 0. The number of nitrogens with two attached hydrogens (primary N) is 1. The van der Waals surface area contributed by atoms with Gasteiger partial charge in [0.15, 0.2) is 11.2 Å². The summed E-state index contributed by atoms with van der Waals surface area (Å²) in [6.07, 6.45) is -0.248. The van der Waals surface area contributed by atoms with Gasteiger partial charge in [0.1, 0.15) is 5.60 Å². The monoisotopic (exact) mass is 257 g/mol. The Labute approximate surface area is 106 Å². The largest absolute Gasteiger partial charge is 0.465 e. The van der Waals surface area contributed by atoms with Crippen LogP contribution in [0.2, 0.25) is 0 Å². The van der Waals surface area contributed by atoms with Gasteiger partial charge < -0.3 is 15.2 Å². The van der Waals surface area contributed by atoms with Gasteiger partial charge in [-0.1, -0.05) is 0 Å². The summed E-state index contributed by atoms with van der Waals surface area (Å²) >= 11 is 0. The predicted molar refractivity (Wildman–Crippen MR) is 62.5 cm³/mol. The van der Waals surface area contributed by atoms with Gasteiger partial charge in [-0.2, -0.15) is 0 Å². The zero-order valence-electron chi connectivity index (χ0n) is 11.1.